The van der Waals surface area contributed by atoms with E-state index in [0.717, 1.165) is 44.9 Å². The van der Waals surface area contributed by atoms with E-state index in [1.54, 1.807) is 0 Å². The molecule has 8 unspecified atom stereocenters. The highest BCUT2D eigenvalue weighted by Gasteiger charge is 2.73. The zero-order chi connectivity index (χ0) is 27.4. The Labute approximate surface area is 223 Å². The Balaban J connectivity index is 1.62. The minimum absolute atomic E-state index is 0.0136. The average molecular weight is 510 g/mol. The Morgan fingerprint density at radius 2 is 1.62 bits per heavy atom. The van der Waals surface area contributed by atoms with Crippen molar-refractivity contribution < 1.29 is 19.4 Å². The van der Waals surface area contributed by atoms with Crippen molar-refractivity contribution in [2.24, 2.45) is 56.2 Å². The second-order valence-corrected chi connectivity index (χ2v) is 15.6. The van der Waals surface area contributed by atoms with Crippen LogP contribution in [0, 0.1) is 67.5 Å². The molecule has 0 radical (unpaired) electrons. The Morgan fingerprint density at radius 1 is 0.973 bits per heavy atom. The SMILES string of the molecule is COC(=O)C12CCC(C)(C)CC1C1C(=O)CC3C4(C)CC(C#N)=C(O)C(C)(C)C4CCC3(C)C1(C)CC2. The van der Waals surface area contributed by atoms with Gasteiger partial charge in [-0.1, -0.05) is 48.5 Å². The Bertz CT molecular complexity index is 1110. The van der Waals surface area contributed by atoms with E-state index in [1.807, 2.05) is 0 Å². The molecule has 0 aliphatic heterocycles. The summed E-state index contributed by atoms with van der Waals surface area (Å²) in [6.45, 7) is 15.8. The van der Waals surface area contributed by atoms with Crippen molar-refractivity contribution in [3.05, 3.63) is 11.3 Å². The topological polar surface area (TPSA) is 87.4 Å². The van der Waals surface area contributed by atoms with Gasteiger partial charge in [0, 0.05) is 17.8 Å². The van der Waals surface area contributed by atoms with Crippen molar-refractivity contribution in [2.45, 2.75) is 106 Å². The number of hydrogen-bond donors (Lipinski definition) is 1. The summed E-state index contributed by atoms with van der Waals surface area (Å²) in [6, 6.07) is 2.32. The van der Waals surface area contributed by atoms with E-state index in [-0.39, 0.29) is 57.1 Å². The zero-order valence-electron chi connectivity index (χ0n) is 24.3. The highest BCUT2D eigenvalue weighted by atomic mass is 16.5. The maximum absolute atomic E-state index is 14.5. The molecule has 1 N–H and O–H groups in total. The molecule has 5 aliphatic carbocycles. The molecule has 204 valence electrons. The summed E-state index contributed by atoms with van der Waals surface area (Å²) in [5.41, 5.74) is -0.972. The quantitative estimate of drug-likeness (QED) is 0.379. The normalized spacial score (nSPS) is 48.0. The number of ketones is 1. The monoisotopic (exact) mass is 509 g/mol. The molecule has 37 heavy (non-hydrogen) atoms. The summed E-state index contributed by atoms with van der Waals surface area (Å²) < 4.78 is 5.43. The van der Waals surface area contributed by atoms with Crippen molar-refractivity contribution in [1.82, 2.24) is 0 Å². The number of fused-ring (bicyclic) bond motifs is 7. The molecule has 0 spiro atoms. The molecule has 5 nitrogen and oxygen atoms in total. The average Bonchev–Trinajstić information content (AvgIpc) is 2.82. The first-order chi connectivity index (χ1) is 17.0. The van der Waals surface area contributed by atoms with Crippen LogP contribution < -0.4 is 0 Å². The van der Waals surface area contributed by atoms with Gasteiger partial charge in [0.15, 0.2) is 0 Å². The van der Waals surface area contributed by atoms with Crippen LogP contribution in [0.1, 0.15) is 106 Å². The number of carbonyl (C=O) groups excluding carboxylic acids is 2. The van der Waals surface area contributed by atoms with Crippen LogP contribution in [-0.2, 0) is 14.3 Å². The number of nitrogens with zero attached hydrogens (tertiary/aromatic N) is 1. The van der Waals surface area contributed by atoms with E-state index in [1.165, 1.54) is 7.11 Å². The van der Waals surface area contributed by atoms with Crippen LogP contribution >= 0.6 is 0 Å². The van der Waals surface area contributed by atoms with Gasteiger partial charge in [-0.15, -0.1) is 0 Å². The van der Waals surface area contributed by atoms with Crippen LogP contribution in [0.5, 0.6) is 0 Å². The van der Waals surface area contributed by atoms with Gasteiger partial charge in [-0.05, 0) is 90.8 Å². The number of ether oxygens (including phenoxy) is 1. The first-order valence-electron chi connectivity index (χ1n) is 14.5. The summed E-state index contributed by atoms with van der Waals surface area (Å²) in [5, 5.41) is 21.0. The third kappa shape index (κ3) is 3.20. The summed E-state index contributed by atoms with van der Waals surface area (Å²) >= 11 is 0. The lowest BCUT2D eigenvalue weighted by Crippen LogP contribution is -2.69. The van der Waals surface area contributed by atoms with Crippen LogP contribution in [0.4, 0.5) is 0 Å². The molecular weight excluding hydrogens is 462 g/mol. The fourth-order valence-corrected chi connectivity index (χ4v) is 11.2. The zero-order valence-corrected chi connectivity index (χ0v) is 24.3. The molecule has 8 atom stereocenters. The number of carbonyl (C=O) groups is 2. The Morgan fingerprint density at radius 3 is 2.24 bits per heavy atom. The molecule has 4 fully saturated rings. The van der Waals surface area contributed by atoms with Gasteiger partial charge in [0.05, 0.1) is 24.2 Å². The number of allylic oxidation sites excluding steroid dienone is 2. The smallest absolute Gasteiger partial charge is 0.312 e. The molecule has 0 aromatic carbocycles. The van der Waals surface area contributed by atoms with Crippen molar-refractivity contribution >= 4 is 11.8 Å². The van der Waals surface area contributed by atoms with Gasteiger partial charge < -0.3 is 9.84 Å². The summed E-state index contributed by atoms with van der Waals surface area (Å²) in [6.07, 6.45) is 7.37. The molecule has 0 heterocycles. The number of methoxy groups -OCH3 is 1. The lowest BCUT2D eigenvalue weighted by Gasteiger charge is -2.72. The first kappa shape index (κ1) is 26.8. The lowest BCUT2D eigenvalue weighted by molar-refractivity contribution is -0.233. The highest BCUT2D eigenvalue weighted by molar-refractivity contribution is 5.86. The third-order valence-electron chi connectivity index (χ3n) is 13.3. The predicted molar refractivity (Wildman–Crippen MR) is 142 cm³/mol. The number of hydrogen-bond acceptors (Lipinski definition) is 5. The maximum Gasteiger partial charge on any atom is 0.312 e. The number of nitriles is 1. The second-order valence-electron chi connectivity index (χ2n) is 15.6. The maximum atomic E-state index is 14.5. The molecule has 0 saturated heterocycles. The van der Waals surface area contributed by atoms with E-state index in [9.17, 15) is 20.0 Å². The third-order valence-corrected chi connectivity index (χ3v) is 13.3. The summed E-state index contributed by atoms with van der Waals surface area (Å²) in [5.74, 6) is 0.686. The largest absolute Gasteiger partial charge is 0.511 e. The first-order valence-corrected chi connectivity index (χ1v) is 14.5. The highest BCUT2D eigenvalue weighted by Crippen LogP contribution is 2.76. The fraction of sp³-hybridized carbons (Fsp3) is 0.844. The second kappa shape index (κ2) is 7.86. The predicted octanol–water partition coefficient (Wildman–Crippen LogP) is 7.17. The number of esters is 1. The number of aliphatic hydroxyl groups is 1. The van der Waals surface area contributed by atoms with E-state index in [4.69, 9.17) is 4.74 Å². The van der Waals surface area contributed by atoms with Gasteiger partial charge in [-0.3, -0.25) is 9.59 Å². The molecule has 5 heteroatoms. The van der Waals surface area contributed by atoms with Crippen molar-refractivity contribution in [1.29, 1.82) is 5.26 Å². The van der Waals surface area contributed by atoms with Crippen molar-refractivity contribution in [2.75, 3.05) is 7.11 Å². The van der Waals surface area contributed by atoms with Crippen LogP contribution in [0.15, 0.2) is 11.3 Å². The molecule has 5 rings (SSSR count). The van der Waals surface area contributed by atoms with Crippen LogP contribution in [0.3, 0.4) is 0 Å². The molecule has 0 amide bonds. The number of Topliss-reactive ketones (excluding diaryl/α,β-unsaturated/α-hetero) is 1. The van der Waals surface area contributed by atoms with Crippen LogP contribution in [0.25, 0.3) is 0 Å². The van der Waals surface area contributed by atoms with Gasteiger partial charge in [0.2, 0.25) is 0 Å². The van der Waals surface area contributed by atoms with Crippen molar-refractivity contribution in [3.63, 3.8) is 0 Å². The summed E-state index contributed by atoms with van der Waals surface area (Å²) in [4.78, 5) is 27.9. The fourth-order valence-electron chi connectivity index (χ4n) is 11.2. The van der Waals surface area contributed by atoms with E-state index >= 15 is 0 Å². The minimum atomic E-state index is -0.552. The van der Waals surface area contributed by atoms with Gasteiger partial charge in [0.25, 0.3) is 0 Å². The number of aliphatic hydroxyl groups excluding tert-OH is 1. The Kier molecular flexibility index (Phi) is 5.68. The number of rotatable bonds is 1. The van der Waals surface area contributed by atoms with Crippen molar-refractivity contribution in [3.8, 4) is 6.07 Å². The standard InChI is InChI=1S/C32H47NO4/c1-27(2)11-13-32(26(36)37-8)14-12-31(7)24(20(32)17-27)21(34)15-23-29(5)16-19(18-33)25(35)28(3,4)22(29)9-10-30(23,31)6/h20,22-24,35H,9-17H2,1-8H3. The van der Waals surface area contributed by atoms with Gasteiger partial charge >= 0.3 is 5.97 Å². The molecule has 5 aliphatic rings. The molecule has 0 aromatic rings. The summed E-state index contributed by atoms with van der Waals surface area (Å²) in [7, 11) is 1.50. The molecule has 0 bridgehead atoms. The van der Waals surface area contributed by atoms with Crippen LogP contribution in [-0.4, -0.2) is 24.0 Å². The molecular formula is C32H47NO4. The Hall–Kier alpha value is -1.83. The lowest BCUT2D eigenvalue weighted by atomic mass is 9.31. The van der Waals surface area contributed by atoms with Gasteiger partial charge in [-0.25, -0.2) is 0 Å². The van der Waals surface area contributed by atoms with E-state index in [2.05, 4.69) is 54.5 Å². The minimum Gasteiger partial charge on any atom is -0.511 e. The van der Waals surface area contributed by atoms with E-state index < -0.39 is 10.8 Å². The molecule has 4 saturated carbocycles. The van der Waals surface area contributed by atoms with Crippen LogP contribution in [0.2, 0.25) is 0 Å². The van der Waals surface area contributed by atoms with E-state index in [0.29, 0.717) is 24.2 Å². The van der Waals surface area contributed by atoms with Gasteiger partial charge in [0.1, 0.15) is 11.5 Å². The molecule has 0 aromatic heterocycles. The van der Waals surface area contributed by atoms with Gasteiger partial charge in [-0.2, -0.15) is 5.26 Å².